The summed E-state index contributed by atoms with van der Waals surface area (Å²) in [5.74, 6) is 2.21. The van der Waals surface area contributed by atoms with Gasteiger partial charge in [-0.1, -0.05) is 36.9 Å². The molecule has 2 aliphatic rings. The van der Waals surface area contributed by atoms with Crippen LogP contribution in [0.25, 0.3) is 5.69 Å². The molecule has 0 N–H and O–H groups in total. The number of rotatable bonds is 6. The highest BCUT2D eigenvalue weighted by molar-refractivity contribution is 7.99. The van der Waals surface area contributed by atoms with Crippen LogP contribution in [0, 0.1) is 0 Å². The largest absolute Gasteiger partial charge is 0.339 e. The quantitative estimate of drug-likeness (QED) is 0.721. The molecule has 0 spiro atoms. The number of amides is 1. The Bertz CT molecular complexity index is 756. The maximum atomic E-state index is 12.7. The summed E-state index contributed by atoms with van der Waals surface area (Å²) >= 11 is 1.48. The van der Waals surface area contributed by atoms with E-state index in [0.29, 0.717) is 22.9 Å². The highest BCUT2D eigenvalue weighted by Gasteiger charge is 2.31. The third kappa shape index (κ3) is 3.80. The van der Waals surface area contributed by atoms with Gasteiger partial charge in [0.1, 0.15) is 5.82 Å². The maximum absolute atomic E-state index is 12.7. The zero-order chi connectivity index (χ0) is 17.9. The number of para-hydroxylation sites is 1. The highest BCUT2D eigenvalue weighted by atomic mass is 32.2. The van der Waals surface area contributed by atoms with Crippen molar-refractivity contribution >= 4 is 17.7 Å². The fourth-order valence-corrected chi connectivity index (χ4v) is 4.41. The van der Waals surface area contributed by atoms with Crippen molar-refractivity contribution in [2.45, 2.75) is 62.6 Å². The normalized spacial score (nSPS) is 20.3. The number of likely N-dealkylation sites (tertiary alicyclic amines) is 1. The number of hydrogen-bond acceptors (Lipinski definition) is 4. The molecule has 0 bridgehead atoms. The molecule has 1 aliphatic heterocycles. The minimum absolute atomic E-state index is 0.227. The Balaban J connectivity index is 1.46. The van der Waals surface area contributed by atoms with Gasteiger partial charge >= 0.3 is 0 Å². The molecule has 2 fully saturated rings. The standard InChI is InChI=1S/C20H26N4OS/c1-2-16-8-6-7-13-23(16)18(25)14-26-20-21-19(15-11-12-15)24(22-20)17-9-4-3-5-10-17/h3-5,9-10,15-16H,2,6-8,11-14H2,1H3/t16-/m1/s1. The zero-order valence-corrected chi connectivity index (χ0v) is 16.1. The van der Waals surface area contributed by atoms with Gasteiger partial charge in [0.05, 0.1) is 11.4 Å². The fourth-order valence-electron chi connectivity index (χ4n) is 3.69. The van der Waals surface area contributed by atoms with Crippen molar-refractivity contribution in [3.8, 4) is 5.69 Å². The SMILES string of the molecule is CC[C@@H]1CCCCN1C(=O)CSc1nc(C2CC2)n(-c2ccccc2)n1. The molecule has 6 heteroatoms. The number of benzene rings is 1. The number of piperidine rings is 1. The molecule has 1 amide bonds. The van der Waals surface area contributed by atoms with Crippen LogP contribution in [0.5, 0.6) is 0 Å². The van der Waals surface area contributed by atoms with Gasteiger partial charge in [-0.25, -0.2) is 9.67 Å². The van der Waals surface area contributed by atoms with Gasteiger partial charge in [-0.05, 0) is 50.7 Å². The van der Waals surface area contributed by atoms with E-state index in [2.05, 4.69) is 24.0 Å². The van der Waals surface area contributed by atoms with Crippen molar-refractivity contribution in [1.29, 1.82) is 0 Å². The van der Waals surface area contributed by atoms with E-state index in [9.17, 15) is 4.79 Å². The van der Waals surface area contributed by atoms with E-state index in [1.165, 1.54) is 31.0 Å². The zero-order valence-electron chi connectivity index (χ0n) is 15.3. The van der Waals surface area contributed by atoms with Gasteiger partial charge in [0.2, 0.25) is 11.1 Å². The maximum Gasteiger partial charge on any atom is 0.233 e. The summed E-state index contributed by atoms with van der Waals surface area (Å²) in [4.78, 5) is 19.5. The van der Waals surface area contributed by atoms with Crippen LogP contribution in [0.15, 0.2) is 35.5 Å². The number of carbonyl (C=O) groups is 1. The third-order valence-electron chi connectivity index (χ3n) is 5.30. The van der Waals surface area contributed by atoms with Gasteiger partial charge in [0.15, 0.2) is 0 Å². The van der Waals surface area contributed by atoms with Gasteiger partial charge in [-0.3, -0.25) is 4.79 Å². The molecular weight excluding hydrogens is 344 g/mol. The van der Waals surface area contributed by atoms with Gasteiger partial charge in [0, 0.05) is 18.5 Å². The third-order valence-corrected chi connectivity index (χ3v) is 6.12. The molecule has 1 aromatic carbocycles. The van der Waals surface area contributed by atoms with Crippen molar-refractivity contribution < 1.29 is 4.79 Å². The monoisotopic (exact) mass is 370 g/mol. The first-order valence-electron chi connectivity index (χ1n) is 9.71. The lowest BCUT2D eigenvalue weighted by atomic mass is 10.0. The van der Waals surface area contributed by atoms with Crippen molar-refractivity contribution in [3.63, 3.8) is 0 Å². The molecule has 1 saturated heterocycles. The first kappa shape index (κ1) is 17.6. The van der Waals surface area contributed by atoms with Crippen LogP contribution in [0.3, 0.4) is 0 Å². The predicted molar refractivity (Wildman–Crippen MR) is 104 cm³/mol. The second kappa shape index (κ2) is 7.82. The predicted octanol–water partition coefficient (Wildman–Crippen LogP) is 4.03. The minimum Gasteiger partial charge on any atom is -0.339 e. The molecule has 138 valence electrons. The summed E-state index contributed by atoms with van der Waals surface area (Å²) in [6.45, 7) is 3.07. The number of thioether (sulfide) groups is 1. The Morgan fingerprint density at radius 1 is 1.19 bits per heavy atom. The second-order valence-electron chi connectivity index (χ2n) is 7.21. The Labute approximate surface area is 159 Å². The molecule has 5 nitrogen and oxygen atoms in total. The van der Waals surface area contributed by atoms with Crippen LogP contribution >= 0.6 is 11.8 Å². The summed E-state index contributed by atoms with van der Waals surface area (Å²) in [5, 5.41) is 5.41. The van der Waals surface area contributed by atoms with Crippen LogP contribution < -0.4 is 0 Å². The van der Waals surface area contributed by atoms with E-state index in [-0.39, 0.29) is 5.91 Å². The minimum atomic E-state index is 0.227. The van der Waals surface area contributed by atoms with Crippen LogP contribution in [0.4, 0.5) is 0 Å². The molecule has 0 radical (unpaired) electrons. The van der Waals surface area contributed by atoms with Crippen LogP contribution in [0.1, 0.15) is 57.2 Å². The Morgan fingerprint density at radius 3 is 2.73 bits per heavy atom. The molecular formula is C20H26N4OS. The van der Waals surface area contributed by atoms with E-state index in [1.54, 1.807) is 0 Å². The summed E-state index contributed by atoms with van der Waals surface area (Å²) in [5.41, 5.74) is 1.04. The summed E-state index contributed by atoms with van der Waals surface area (Å²) in [7, 11) is 0. The van der Waals surface area contributed by atoms with Gasteiger partial charge < -0.3 is 4.90 Å². The number of nitrogens with zero attached hydrogens (tertiary/aromatic N) is 4. The second-order valence-corrected chi connectivity index (χ2v) is 8.15. The van der Waals surface area contributed by atoms with E-state index >= 15 is 0 Å². The Morgan fingerprint density at radius 2 is 2.00 bits per heavy atom. The van der Waals surface area contributed by atoms with Gasteiger partial charge in [0.25, 0.3) is 0 Å². The van der Waals surface area contributed by atoms with E-state index in [0.717, 1.165) is 37.3 Å². The average Bonchev–Trinajstić information content (AvgIpc) is 3.46. The molecule has 0 unspecified atom stereocenters. The number of hydrogen-bond donors (Lipinski definition) is 0. The number of carbonyl (C=O) groups excluding carboxylic acids is 1. The van der Waals surface area contributed by atoms with Crippen molar-refractivity contribution in [3.05, 3.63) is 36.2 Å². The summed E-state index contributed by atoms with van der Waals surface area (Å²) < 4.78 is 1.96. The fraction of sp³-hybridized carbons (Fsp3) is 0.550. The molecule has 1 atom stereocenters. The van der Waals surface area contributed by atoms with E-state index in [4.69, 9.17) is 10.1 Å². The van der Waals surface area contributed by atoms with Gasteiger partial charge in [-0.15, -0.1) is 5.10 Å². The first-order chi connectivity index (χ1) is 12.8. The molecule has 2 heterocycles. The first-order valence-corrected chi connectivity index (χ1v) is 10.7. The molecule has 1 aliphatic carbocycles. The van der Waals surface area contributed by atoms with E-state index in [1.807, 2.05) is 22.9 Å². The van der Waals surface area contributed by atoms with Gasteiger partial charge in [-0.2, -0.15) is 0 Å². The lowest BCUT2D eigenvalue weighted by Gasteiger charge is -2.35. The average molecular weight is 371 g/mol. The van der Waals surface area contributed by atoms with E-state index < -0.39 is 0 Å². The van der Waals surface area contributed by atoms with Crippen LogP contribution in [0.2, 0.25) is 0 Å². The lowest BCUT2D eigenvalue weighted by Crippen LogP contribution is -2.44. The summed E-state index contributed by atoms with van der Waals surface area (Å²) in [6, 6.07) is 10.6. The topological polar surface area (TPSA) is 51.0 Å². The van der Waals surface area contributed by atoms with Crippen molar-refractivity contribution in [2.75, 3.05) is 12.3 Å². The lowest BCUT2D eigenvalue weighted by molar-refractivity contribution is -0.132. The van der Waals surface area contributed by atoms with Crippen LogP contribution in [-0.4, -0.2) is 43.9 Å². The van der Waals surface area contributed by atoms with Crippen molar-refractivity contribution in [2.24, 2.45) is 0 Å². The van der Waals surface area contributed by atoms with Crippen LogP contribution in [-0.2, 0) is 4.79 Å². The Hall–Kier alpha value is -1.82. The Kier molecular flexibility index (Phi) is 5.29. The molecule has 26 heavy (non-hydrogen) atoms. The highest BCUT2D eigenvalue weighted by Crippen LogP contribution is 2.40. The smallest absolute Gasteiger partial charge is 0.233 e. The molecule has 4 rings (SSSR count). The molecule has 2 aromatic rings. The molecule has 1 saturated carbocycles. The summed E-state index contributed by atoms with van der Waals surface area (Å²) in [6.07, 6.45) is 6.91. The molecule has 1 aromatic heterocycles. The van der Waals surface area contributed by atoms with Crippen molar-refractivity contribution in [1.82, 2.24) is 19.7 Å². The number of aromatic nitrogens is 3.